The van der Waals surface area contributed by atoms with Crippen molar-refractivity contribution in [2.75, 3.05) is 11.9 Å². The lowest BCUT2D eigenvalue weighted by Crippen LogP contribution is -2.33. The number of benzene rings is 3. The van der Waals surface area contributed by atoms with E-state index in [9.17, 15) is 8.42 Å². The number of halogens is 2. The SMILES string of the molecule is O=S(=O)(/N=C(/Nc1ccncc1)N1CC(c2ccccc2)C(c2ccc(Cl)cc2)=N1)c1ccc(Cl)cc1. The molecule has 1 N–H and O–H groups in total. The minimum atomic E-state index is -4.08. The average Bonchev–Trinajstić information content (AvgIpc) is 3.36. The molecule has 10 heteroatoms. The third-order valence-electron chi connectivity index (χ3n) is 5.76. The van der Waals surface area contributed by atoms with E-state index in [2.05, 4.69) is 14.7 Å². The first-order chi connectivity index (χ1) is 17.9. The largest absolute Gasteiger partial charge is 0.324 e. The minimum absolute atomic E-state index is 0.0200. The molecule has 7 nitrogen and oxygen atoms in total. The Hall–Kier alpha value is -3.72. The van der Waals surface area contributed by atoms with Crippen molar-refractivity contribution in [1.82, 2.24) is 9.99 Å². The molecule has 186 valence electrons. The average molecular weight is 550 g/mol. The number of hydrogen-bond donors (Lipinski definition) is 1. The van der Waals surface area contributed by atoms with Gasteiger partial charge < -0.3 is 5.32 Å². The third kappa shape index (κ3) is 5.83. The number of sulfonamides is 1. The summed E-state index contributed by atoms with van der Waals surface area (Å²) in [7, 11) is -4.08. The van der Waals surface area contributed by atoms with Gasteiger partial charge in [-0.25, -0.2) is 5.01 Å². The van der Waals surface area contributed by atoms with Crippen molar-refractivity contribution in [2.24, 2.45) is 9.50 Å². The summed E-state index contributed by atoms with van der Waals surface area (Å²) in [4.78, 5) is 4.05. The maximum atomic E-state index is 13.3. The van der Waals surface area contributed by atoms with E-state index in [1.165, 1.54) is 24.3 Å². The summed E-state index contributed by atoms with van der Waals surface area (Å²) in [5.74, 6) is -0.0731. The van der Waals surface area contributed by atoms with Gasteiger partial charge in [0.15, 0.2) is 0 Å². The predicted molar refractivity (Wildman–Crippen MR) is 148 cm³/mol. The van der Waals surface area contributed by atoms with Crippen LogP contribution in [-0.4, -0.2) is 36.6 Å². The molecule has 0 saturated carbocycles. The van der Waals surface area contributed by atoms with E-state index in [4.69, 9.17) is 28.3 Å². The van der Waals surface area contributed by atoms with Crippen LogP contribution in [0.3, 0.4) is 0 Å². The van der Waals surface area contributed by atoms with Crippen LogP contribution in [0.2, 0.25) is 10.0 Å². The number of anilines is 1. The van der Waals surface area contributed by atoms with Crippen LogP contribution in [0.5, 0.6) is 0 Å². The van der Waals surface area contributed by atoms with Crippen LogP contribution in [0.4, 0.5) is 5.69 Å². The summed E-state index contributed by atoms with van der Waals surface area (Å²) in [6.07, 6.45) is 3.21. The van der Waals surface area contributed by atoms with Gasteiger partial charge in [0.2, 0.25) is 5.96 Å². The van der Waals surface area contributed by atoms with Gasteiger partial charge in [0.25, 0.3) is 10.0 Å². The van der Waals surface area contributed by atoms with Gasteiger partial charge in [0, 0.05) is 34.0 Å². The molecule has 1 atom stereocenters. The van der Waals surface area contributed by atoms with Gasteiger partial charge in [0.1, 0.15) is 0 Å². The van der Waals surface area contributed by atoms with Gasteiger partial charge in [-0.2, -0.15) is 13.5 Å². The zero-order valence-corrected chi connectivity index (χ0v) is 21.7. The van der Waals surface area contributed by atoms with E-state index in [-0.39, 0.29) is 16.8 Å². The maximum absolute atomic E-state index is 13.3. The Balaban J connectivity index is 1.59. The summed E-state index contributed by atoms with van der Waals surface area (Å²) in [6.45, 7) is 0.370. The molecule has 0 saturated heterocycles. The third-order valence-corrected chi connectivity index (χ3v) is 7.54. The number of hydrazone groups is 1. The highest BCUT2D eigenvalue weighted by molar-refractivity contribution is 7.90. The Morgan fingerprint density at radius 2 is 1.49 bits per heavy atom. The lowest BCUT2D eigenvalue weighted by Gasteiger charge is -2.19. The standard InChI is InChI=1S/C27H21Cl2N5O2S/c28-21-8-6-20(7-9-21)26-25(19-4-2-1-3-5-19)18-34(32-26)27(31-23-14-16-30-17-15-23)33-37(35,36)24-12-10-22(29)11-13-24/h1-17,25H,18H2,(H,30,31,33). The van der Waals surface area contributed by atoms with E-state index >= 15 is 0 Å². The van der Waals surface area contributed by atoms with Crippen LogP contribution >= 0.6 is 23.2 Å². The molecule has 0 aliphatic carbocycles. The highest BCUT2D eigenvalue weighted by Crippen LogP contribution is 2.30. The number of nitrogens with one attached hydrogen (secondary N) is 1. The molecule has 1 unspecified atom stereocenters. The number of rotatable bonds is 5. The quantitative estimate of drug-likeness (QED) is 0.242. The number of pyridine rings is 1. The zero-order chi connectivity index (χ0) is 25.8. The summed E-state index contributed by atoms with van der Waals surface area (Å²) in [6, 6.07) is 26.7. The monoisotopic (exact) mass is 549 g/mol. The van der Waals surface area contributed by atoms with E-state index in [0.717, 1.165) is 16.8 Å². The Morgan fingerprint density at radius 1 is 0.865 bits per heavy atom. The van der Waals surface area contributed by atoms with Crippen LogP contribution in [0.15, 0.2) is 118 Å². The van der Waals surface area contributed by atoms with Gasteiger partial charge in [-0.3, -0.25) is 4.98 Å². The summed E-state index contributed by atoms with van der Waals surface area (Å²) >= 11 is 12.1. The van der Waals surface area contributed by atoms with Crippen molar-refractivity contribution in [2.45, 2.75) is 10.8 Å². The summed E-state index contributed by atoms with van der Waals surface area (Å²) in [5.41, 5.74) is 3.31. The molecular weight excluding hydrogens is 529 g/mol. The first kappa shape index (κ1) is 25.0. The molecule has 0 fully saturated rings. The Labute approximate surface area is 225 Å². The normalized spacial score (nSPS) is 15.9. The highest BCUT2D eigenvalue weighted by atomic mass is 35.5. The highest BCUT2D eigenvalue weighted by Gasteiger charge is 2.32. The number of nitrogens with zero attached hydrogens (tertiary/aromatic N) is 4. The van der Waals surface area contributed by atoms with Crippen molar-refractivity contribution in [1.29, 1.82) is 0 Å². The van der Waals surface area contributed by atoms with Crippen molar-refractivity contribution in [3.8, 4) is 0 Å². The fourth-order valence-corrected chi connectivity index (χ4v) is 5.14. The second-order valence-electron chi connectivity index (χ2n) is 8.24. The van der Waals surface area contributed by atoms with Gasteiger partial charge in [-0.15, -0.1) is 4.40 Å². The smallest absolute Gasteiger partial charge is 0.285 e. The zero-order valence-electron chi connectivity index (χ0n) is 19.4. The summed E-state index contributed by atoms with van der Waals surface area (Å²) < 4.78 is 30.7. The molecule has 5 rings (SSSR count). The van der Waals surface area contributed by atoms with Crippen molar-refractivity contribution in [3.63, 3.8) is 0 Å². The molecule has 0 bridgehead atoms. The second kappa shape index (κ2) is 10.7. The fourth-order valence-electron chi connectivity index (χ4n) is 3.93. The second-order valence-corrected chi connectivity index (χ2v) is 10.7. The van der Waals surface area contributed by atoms with E-state index in [0.29, 0.717) is 22.3 Å². The molecule has 4 aromatic rings. The number of aromatic nitrogens is 1. The predicted octanol–water partition coefficient (Wildman–Crippen LogP) is 6.05. The molecule has 0 amide bonds. The van der Waals surface area contributed by atoms with Crippen LogP contribution in [0, 0.1) is 0 Å². The van der Waals surface area contributed by atoms with Crippen LogP contribution in [-0.2, 0) is 10.0 Å². The number of hydrogen-bond acceptors (Lipinski definition) is 4. The molecule has 3 aromatic carbocycles. The molecule has 0 radical (unpaired) electrons. The molecule has 1 aliphatic heterocycles. The fraction of sp³-hybridized carbons (Fsp3) is 0.0741. The number of guanidine groups is 1. The first-order valence-corrected chi connectivity index (χ1v) is 13.5. The van der Waals surface area contributed by atoms with Crippen LogP contribution in [0.1, 0.15) is 17.0 Å². The lowest BCUT2D eigenvalue weighted by molar-refractivity contribution is 0.474. The summed E-state index contributed by atoms with van der Waals surface area (Å²) in [5, 5.41) is 10.6. The van der Waals surface area contributed by atoms with Gasteiger partial charge in [-0.1, -0.05) is 65.7 Å². The van der Waals surface area contributed by atoms with E-state index in [1.807, 2.05) is 42.5 Å². The maximum Gasteiger partial charge on any atom is 0.285 e. The molecule has 37 heavy (non-hydrogen) atoms. The molecule has 1 aromatic heterocycles. The topological polar surface area (TPSA) is 87.0 Å². The van der Waals surface area contributed by atoms with E-state index in [1.54, 1.807) is 41.7 Å². The van der Waals surface area contributed by atoms with Crippen molar-refractivity contribution in [3.05, 3.63) is 125 Å². The lowest BCUT2D eigenvalue weighted by atomic mass is 9.91. The van der Waals surface area contributed by atoms with Gasteiger partial charge in [-0.05, 0) is 59.7 Å². The van der Waals surface area contributed by atoms with Crippen molar-refractivity contribution < 1.29 is 8.42 Å². The molecule has 0 spiro atoms. The van der Waals surface area contributed by atoms with Crippen LogP contribution < -0.4 is 5.32 Å². The Morgan fingerprint density at radius 3 is 2.14 bits per heavy atom. The van der Waals surface area contributed by atoms with Gasteiger partial charge >= 0.3 is 0 Å². The Kier molecular flexibility index (Phi) is 7.23. The Bertz CT molecular complexity index is 1540. The van der Waals surface area contributed by atoms with E-state index < -0.39 is 10.0 Å². The van der Waals surface area contributed by atoms with Gasteiger partial charge in [0.05, 0.1) is 17.2 Å². The molecule has 2 heterocycles. The minimum Gasteiger partial charge on any atom is -0.324 e. The van der Waals surface area contributed by atoms with Crippen molar-refractivity contribution >= 4 is 50.6 Å². The van der Waals surface area contributed by atoms with Crippen LogP contribution in [0.25, 0.3) is 0 Å². The first-order valence-electron chi connectivity index (χ1n) is 11.3. The molecule has 1 aliphatic rings. The molecular formula is C27H21Cl2N5O2S.